The van der Waals surface area contributed by atoms with Gasteiger partial charge in [0.25, 0.3) is 0 Å². The van der Waals surface area contributed by atoms with E-state index < -0.39 is 0 Å². The van der Waals surface area contributed by atoms with E-state index in [9.17, 15) is 0 Å². The molecule has 0 bridgehead atoms. The van der Waals surface area contributed by atoms with Crippen LogP contribution in [0.25, 0.3) is 0 Å². The molecule has 6 nitrogen and oxygen atoms in total. The molecule has 0 saturated carbocycles. The van der Waals surface area contributed by atoms with Crippen LogP contribution in [0.3, 0.4) is 0 Å². The van der Waals surface area contributed by atoms with Crippen LogP contribution in [0, 0.1) is 11.8 Å². The number of hydrogen-bond acceptors (Lipinski definition) is 4. The van der Waals surface area contributed by atoms with Crippen molar-refractivity contribution in [1.82, 2.24) is 10.6 Å². The number of nitrogens with zero attached hydrogens (tertiary/aromatic N) is 1. The van der Waals surface area contributed by atoms with E-state index in [1.807, 2.05) is 13.1 Å². The van der Waals surface area contributed by atoms with E-state index in [2.05, 4.69) is 59.1 Å². The summed E-state index contributed by atoms with van der Waals surface area (Å²) in [6.45, 7) is 9.53. The molecule has 6 heteroatoms. The second kappa shape index (κ2) is 13.4. The molecule has 1 aromatic rings. The Bertz CT molecular complexity index is 545. The number of rotatable bonds is 11. The summed E-state index contributed by atoms with van der Waals surface area (Å²) < 4.78 is 11.2. The fourth-order valence-electron chi connectivity index (χ4n) is 3.17. The van der Waals surface area contributed by atoms with Crippen molar-refractivity contribution >= 4 is 11.6 Å². The number of ether oxygens (including phenoxy) is 2. The third-order valence-corrected chi connectivity index (χ3v) is 5.10. The molecule has 1 atom stereocenters. The third kappa shape index (κ3) is 8.93. The molecular formula is C22H38N4O2. The lowest BCUT2D eigenvalue weighted by atomic mass is 10.0. The highest BCUT2D eigenvalue weighted by Crippen LogP contribution is 2.14. The van der Waals surface area contributed by atoms with E-state index in [0.29, 0.717) is 17.9 Å². The summed E-state index contributed by atoms with van der Waals surface area (Å²) in [6.07, 6.45) is 3.23. The van der Waals surface area contributed by atoms with Gasteiger partial charge >= 0.3 is 0 Å². The van der Waals surface area contributed by atoms with Crippen LogP contribution in [0.2, 0.25) is 0 Å². The normalized spacial score (nSPS) is 16.8. The van der Waals surface area contributed by atoms with Gasteiger partial charge in [-0.2, -0.15) is 0 Å². The molecule has 0 radical (unpaired) electrons. The maximum Gasteiger partial charge on any atom is 0.191 e. The fourth-order valence-corrected chi connectivity index (χ4v) is 3.17. The Morgan fingerprint density at radius 3 is 2.61 bits per heavy atom. The average molecular weight is 391 g/mol. The summed E-state index contributed by atoms with van der Waals surface area (Å²) in [5.41, 5.74) is 1.15. The van der Waals surface area contributed by atoms with E-state index in [1.165, 1.54) is 0 Å². The lowest BCUT2D eigenvalue weighted by Crippen LogP contribution is -2.45. The number of guanidine groups is 1. The van der Waals surface area contributed by atoms with Gasteiger partial charge in [0.05, 0.1) is 0 Å². The number of anilines is 1. The summed E-state index contributed by atoms with van der Waals surface area (Å²) in [7, 11) is 1.81. The first-order valence-electron chi connectivity index (χ1n) is 10.6. The average Bonchev–Trinajstić information content (AvgIpc) is 2.73. The number of benzene rings is 1. The van der Waals surface area contributed by atoms with Gasteiger partial charge < -0.3 is 25.4 Å². The van der Waals surface area contributed by atoms with Crippen LogP contribution in [-0.2, 0) is 9.47 Å². The van der Waals surface area contributed by atoms with Gasteiger partial charge in [-0.25, -0.2) is 0 Å². The number of para-hydroxylation sites is 1. The molecular weight excluding hydrogens is 352 g/mol. The Balaban J connectivity index is 1.60. The fraction of sp³-hybridized carbons (Fsp3) is 0.682. The number of nitrogens with one attached hydrogen (secondary N) is 3. The molecule has 1 aliphatic heterocycles. The van der Waals surface area contributed by atoms with Gasteiger partial charge in [-0.15, -0.1) is 0 Å². The van der Waals surface area contributed by atoms with Gasteiger partial charge in [0.15, 0.2) is 5.96 Å². The maximum absolute atomic E-state index is 5.82. The van der Waals surface area contributed by atoms with Gasteiger partial charge in [0.1, 0.15) is 0 Å². The summed E-state index contributed by atoms with van der Waals surface area (Å²) in [5.74, 6) is 2.01. The van der Waals surface area contributed by atoms with E-state index in [4.69, 9.17) is 9.47 Å². The zero-order chi connectivity index (χ0) is 20.0. The minimum Gasteiger partial charge on any atom is -0.381 e. The molecule has 28 heavy (non-hydrogen) atoms. The molecule has 3 N–H and O–H groups in total. The molecule has 1 unspecified atom stereocenters. The van der Waals surface area contributed by atoms with Crippen LogP contribution in [0.15, 0.2) is 35.3 Å². The molecule has 1 fully saturated rings. The van der Waals surface area contributed by atoms with Crippen molar-refractivity contribution in [3.63, 3.8) is 0 Å². The quantitative estimate of drug-likeness (QED) is 0.308. The number of hydrogen-bond donors (Lipinski definition) is 3. The SMILES string of the molecule is CN=C(NCCCOCC1CCOCC1)NCC(Nc1ccccc1)C(C)C. The monoisotopic (exact) mass is 390 g/mol. The first-order chi connectivity index (χ1) is 13.7. The first-order valence-corrected chi connectivity index (χ1v) is 10.6. The Morgan fingerprint density at radius 2 is 1.93 bits per heavy atom. The van der Waals surface area contributed by atoms with Crippen molar-refractivity contribution in [2.24, 2.45) is 16.8 Å². The topological polar surface area (TPSA) is 66.9 Å². The minimum absolute atomic E-state index is 0.323. The van der Waals surface area contributed by atoms with Crippen molar-refractivity contribution in [2.45, 2.75) is 39.2 Å². The van der Waals surface area contributed by atoms with Crippen molar-refractivity contribution in [1.29, 1.82) is 0 Å². The lowest BCUT2D eigenvalue weighted by molar-refractivity contribution is 0.0203. The zero-order valence-corrected chi connectivity index (χ0v) is 17.7. The molecule has 1 aromatic carbocycles. The zero-order valence-electron chi connectivity index (χ0n) is 17.7. The predicted octanol–water partition coefficient (Wildman–Crippen LogP) is 3.12. The van der Waals surface area contributed by atoms with Gasteiger partial charge in [-0.1, -0.05) is 32.0 Å². The molecule has 2 rings (SSSR count). The highest BCUT2D eigenvalue weighted by atomic mass is 16.5. The summed E-state index contributed by atoms with van der Waals surface area (Å²) in [5, 5.41) is 10.4. The molecule has 0 amide bonds. The maximum atomic E-state index is 5.82. The molecule has 1 heterocycles. The van der Waals surface area contributed by atoms with E-state index >= 15 is 0 Å². The van der Waals surface area contributed by atoms with Crippen LogP contribution in [0.1, 0.15) is 33.1 Å². The highest BCUT2D eigenvalue weighted by molar-refractivity contribution is 5.79. The van der Waals surface area contributed by atoms with Crippen LogP contribution in [-0.4, -0.2) is 58.6 Å². The van der Waals surface area contributed by atoms with Crippen molar-refractivity contribution in [3.05, 3.63) is 30.3 Å². The standard InChI is InChI=1S/C22H38N4O2/c1-18(2)21(26-20-8-5-4-6-9-20)16-25-22(23-3)24-12-7-13-28-17-19-10-14-27-15-11-19/h4-6,8-9,18-19,21,26H,7,10-17H2,1-3H3,(H2,23,24,25). The van der Waals surface area contributed by atoms with E-state index in [0.717, 1.165) is 70.4 Å². The molecule has 1 aliphatic rings. The smallest absolute Gasteiger partial charge is 0.191 e. The summed E-state index contributed by atoms with van der Waals surface area (Å²) >= 11 is 0. The Morgan fingerprint density at radius 1 is 1.18 bits per heavy atom. The van der Waals surface area contributed by atoms with Crippen LogP contribution in [0.4, 0.5) is 5.69 Å². The second-order valence-electron chi connectivity index (χ2n) is 7.72. The molecule has 0 aliphatic carbocycles. The van der Waals surface area contributed by atoms with Crippen molar-refractivity contribution in [2.75, 3.05) is 51.9 Å². The summed E-state index contributed by atoms with van der Waals surface area (Å²) in [4.78, 5) is 4.33. The second-order valence-corrected chi connectivity index (χ2v) is 7.72. The largest absolute Gasteiger partial charge is 0.381 e. The highest BCUT2D eigenvalue weighted by Gasteiger charge is 2.14. The van der Waals surface area contributed by atoms with Gasteiger partial charge in [-0.05, 0) is 43.2 Å². The third-order valence-electron chi connectivity index (χ3n) is 5.10. The Kier molecular flexibility index (Phi) is 10.8. The van der Waals surface area contributed by atoms with Crippen LogP contribution < -0.4 is 16.0 Å². The molecule has 1 saturated heterocycles. The van der Waals surface area contributed by atoms with Gasteiger partial charge in [-0.3, -0.25) is 4.99 Å². The van der Waals surface area contributed by atoms with Crippen LogP contribution in [0.5, 0.6) is 0 Å². The minimum atomic E-state index is 0.323. The molecule has 0 aromatic heterocycles. The predicted molar refractivity (Wildman–Crippen MR) is 117 cm³/mol. The summed E-state index contributed by atoms with van der Waals surface area (Å²) in [6, 6.07) is 10.7. The molecule has 0 spiro atoms. The first kappa shape index (κ1) is 22.5. The number of aliphatic imine (C=N–C) groups is 1. The van der Waals surface area contributed by atoms with E-state index in [-0.39, 0.29) is 0 Å². The van der Waals surface area contributed by atoms with Crippen LogP contribution >= 0.6 is 0 Å². The Labute approximate surface area is 170 Å². The molecule has 158 valence electrons. The van der Waals surface area contributed by atoms with E-state index in [1.54, 1.807) is 0 Å². The van der Waals surface area contributed by atoms with Crippen molar-refractivity contribution in [3.8, 4) is 0 Å². The Hall–Kier alpha value is -1.79. The van der Waals surface area contributed by atoms with Crippen molar-refractivity contribution < 1.29 is 9.47 Å². The van der Waals surface area contributed by atoms with Gasteiger partial charge in [0.2, 0.25) is 0 Å². The lowest BCUT2D eigenvalue weighted by Gasteiger charge is -2.25. The van der Waals surface area contributed by atoms with Gasteiger partial charge in [0, 0.05) is 58.3 Å².